The molecule has 3 aromatic rings. The normalized spacial score (nSPS) is 15.1. The fourth-order valence-electron chi connectivity index (χ4n) is 4.02. The molecule has 0 radical (unpaired) electrons. The van der Waals surface area contributed by atoms with Crippen LogP contribution in [0.4, 0.5) is 5.69 Å². The van der Waals surface area contributed by atoms with Crippen LogP contribution >= 0.6 is 11.8 Å². The maximum Gasteiger partial charge on any atom is 0.254 e. The number of allylic oxidation sites excluding steroid dienone is 2. The molecule has 0 fully saturated rings. The highest BCUT2D eigenvalue weighted by atomic mass is 32.2. The number of amides is 1. The van der Waals surface area contributed by atoms with Gasteiger partial charge in [0.1, 0.15) is 5.75 Å². The summed E-state index contributed by atoms with van der Waals surface area (Å²) in [4.78, 5) is 26.2. The molecule has 1 heterocycles. The van der Waals surface area contributed by atoms with Gasteiger partial charge in [-0.05, 0) is 48.9 Å². The molecule has 3 aromatic carbocycles. The molecule has 180 valence electrons. The van der Waals surface area contributed by atoms with Crippen molar-refractivity contribution in [3.8, 4) is 11.8 Å². The standard InChI is InChI=1S/C29H25N3O3S/c1-19-26(28(34)32-22-11-7-4-8-12-22)27(21-9-5-3-6-10-21)24(17-30)29(31-19)36-18-25(33)20-13-15-23(35-2)16-14-20/h3-16,27,31H,18H2,1-2H3,(H,32,34). The van der Waals surface area contributed by atoms with Crippen LogP contribution in [0.1, 0.15) is 28.8 Å². The van der Waals surface area contributed by atoms with Crippen LogP contribution in [0.5, 0.6) is 5.75 Å². The molecule has 7 heteroatoms. The van der Waals surface area contributed by atoms with Crippen LogP contribution < -0.4 is 15.4 Å². The minimum atomic E-state index is -0.570. The fraction of sp³-hybridized carbons (Fsp3) is 0.138. The molecule has 1 aliphatic heterocycles. The number of Topliss-reactive ketones (excluding diaryl/α,β-unsaturated/α-hetero) is 1. The van der Waals surface area contributed by atoms with Crippen molar-refractivity contribution in [3.63, 3.8) is 0 Å². The summed E-state index contributed by atoms with van der Waals surface area (Å²) >= 11 is 1.26. The Morgan fingerprint density at radius 1 is 1.00 bits per heavy atom. The lowest BCUT2D eigenvalue weighted by atomic mass is 9.82. The summed E-state index contributed by atoms with van der Waals surface area (Å²) in [5.74, 6) is -0.110. The Balaban J connectivity index is 1.63. The number of nitrogens with zero attached hydrogens (tertiary/aromatic N) is 1. The van der Waals surface area contributed by atoms with Gasteiger partial charge in [0, 0.05) is 22.5 Å². The fourth-order valence-corrected chi connectivity index (χ4v) is 5.01. The number of nitriles is 1. The molecule has 0 spiro atoms. The zero-order chi connectivity index (χ0) is 25.5. The molecule has 1 atom stereocenters. The van der Waals surface area contributed by atoms with Gasteiger partial charge < -0.3 is 15.4 Å². The first kappa shape index (κ1) is 24.8. The molecular weight excluding hydrogens is 470 g/mol. The van der Waals surface area contributed by atoms with Crippen LogP contribution in [-0.2, 0) is 4.79 Å². The molecule has 36 heavy (non-hydrogen) atoms. The number of carbonyl (C=O) groups excluding carboxylic acids is 2. The van der Waals surface area contributed by atoms with E-state index in [1.807, 2.05) is 67.6 Å². The van der Waals surface area contributed by atoms with E-state index in [9.17, 15) is 14.9 Å². The average Bonchev–Trinajstić information content (AvgIpc) is 2.92. The second-order valence-electron chi connectivity index (χ2n) is 8.12. The number of ether oxygens (including phenoxy) is 1. The number of methoxy groups -OCH3 is 1. The number of carbonyl (C=O) groups is 2. The zero-order valence-electron chi connectivity index (χ0n) is 19.9. The zero-order valence-corrected chi connectivity index (χ0v) is 20.8. The van der Waals surface area contributed by atoms with E-state index < -0.39 is 5.92 Å². The lowest BCUT2D eigenvalue weighted by Crippen LogP contribution is -2.31. The number of dihydropyridines is 1. The van der Waals surface area contributed by atoms with Crippen LogP contribution in [-0.4, -0.2) is 24.6 Å². The van der Waals surface area contributed by atoms with Gasteiger partial charge in [-0.25, -0.2) is 0 Å². The monoisotopic (exact) mass is 495 g/mol. The van der Waals surface area contributed by atoms with Gasteiger partial charge in [-0.3, -0.25) is 9.59 Å². The van der Waals surface area contributed by atoms with Gasteiger partial charge in [0.15, 0.2) is 5.78 Å². The third kappa shape index (κ3) is 5.51. The minimum absolute atomic E-state index is 0.0697. The van der Waals surface area contributed by atoms with Crippen LogP contribution in [0.3, 0.4) is 0 Å². The first-order valence-electron chi connectivity index (χ1n) is 11.3. The van der Waals surface area contributed by atoms with E-state index in [1.165, 1.54) is 11.8 Å². The van der Waals surface area contributed by atoms with E-state index in [2.05, 4.69) is 16.7 Å². The Hall–Kier alpha value is -4.28. The smallest absolute Gasteiger partial charge is 0.254 e. The molecule has 1 unspecified atom stereocenters. The second kappa shape index (κ2) is 11.4. The lowest BCUT2D eigenvalue weighted by Gasteiger charge is -2.30. The molecule has 0 aromatic heterocycles. The summed E-state index contributed by atoms with van der Waals surface area (Å²) in [6, 6.07) is 27.9. The number of thioether (sulfide) groups is 1. The molecule has 0 bridgehead atoms. The summed E-state index contributed by atoms with van der Waals surface area (Å²) < 4.78 is 5.16. The Bertz CT molecular complexity index is 1360. The Morgan fingerprint density at radius 2 is 1.64 bits per heavy atom. The van der Waals surface area contributed by atoms with E-state index in [1.54, 1.807) is 31.4 Å². The van der Waals surface area contributed by atoms with Gasteiger partial charge in [0.2, 0.25) is 0 Å². The Morgan fingerprint density at radius 3 is 2.25 bits per heavy atom. The van der Waals surface area contributed by atoms with Gasteiger partial charge in [-0.15, -0.1) is 0 Å². The first-order valence-corrected chi connectivity index (χ1v) is 12.3. The third-order valence-electron chi connectivity index (χ3n) is 5.82. The van der Waals surface area contributed by atoms with Crippen LogP contribution in [0.25, 0.3) is 0 Å². The van der Waals surface area contributed by atoms with Gasteiger partial charge in [0.05, 0.1) is 35.5 Å². The van der Waals surface area contributed by atoms with Crippen molar-refractivity contribution in [2.24, 2.45) is 0 Å². The highest BCUT2D eigenvalue weighted by Crippen LogP contribution is 2.41. The quantitative estimate of drug-likeness (QED) is 0.393. The number of hydrogen-bond acceptors (Lipinski definition) is 6. The van der Waals surface area contributed by atoms with Crippen LogP contribution in [0.2, 0.25) is 0 Å². The van der Waals surface area contributed by atoms with E-state index in [4.69, 9.17) is 4.74 Å². The molecule has 4 rings (SSSR count). The maximum absolute atomic E-state index is 13.4. The summed E-state index contributed by atoms with van der Waals surface area (Å²) in [5.41, 5.74) is 3.56. The van der Waals surface area contributed by atoms with Crippen molar-refractivity contribution >= 4 is 29.1 Å². The molecule has 0 saturated heterocycles. The molecule has 2 N–H and O–H groups in total. The third-order valence-corrected chi connectivity index (χ3v) is 6.83. The van der Waals surface area contributed by atoms with Gasteiger partial charge in [-0.2, -0.15) is 5.26 Å². The van der Waals surface area contributed by atoms with Crippen molar-refractivity contribution < 1.29 is 14.3 Å². The number of nitrogens with one attached hydrogen (secondary N) is 2. The molecular formula is C29H25N3O3S. The summed E-state index contributed by atoms with van der Waals surface area (Å²) in [7, 11) is 1.57. The van der Waals surface area contributed by atoms with E-state index >= 15 is 0 Å². The van der Waals surface area contributed by atoms with Crippen molar-refractivity contribution in [2.75, 3.05) is 18.2 Å². The van der Waals surface area contributed by atoms with Crippen molar-refractivity contribution in [3.05, 3.63) is 118 Å². The van der Waals surface area contributed by atoms with Crippen molar-refractivity contribution in [1.29, 1.82) is 5.26 Å². The molecule has 6 nitrogen and oxygen atoms in total. The average molecular weight is 496 g/mol. The topological polar surface area (TPSA) is 91.2 Å². The van der Waals surface area contributed by atoms with Gasteiger partial charge in [-0.1, -0.05) is 60.3 Å². The van der Waals surface area contributed by atoms with E-state index in [-0.39, 0.29) is 17.4 Å². The first-order chi connectivity index (χ1) is 17.5. The summed E-state index contributed by atoms with van der Waals surface area (Å²) in [6.45, 7) is 1.82. The molecule has 1 amide bonds. The molecule has 0 saturated carbocycles. The number of rotatable bonds is 8. The SMILES string of the molecule is COc1ccc(C(=O)CSC2=C(C#N)C(c3ccccc3)C(C(=O)Nc3ccccc3)=C(C)N2)cc1. The molecule has 1 aliphatic rings. The van der Waals surface area contributed by atoms with E-state index in [0.29, 0.717) is 38.9 Å². The highest BCUT2D eigenvalue weighted by Gasteiger charge is 2.34. The second-order valence-corrected chi connectivity index (χ2v) is 9.11. The number of hydrogen-bond donors (Lipinski definition) is 2. The number of benzene rings is 3. The van der Waals surface area contributed by atoms with Crippen LogP contribution in [0, 0.1) is 11.3 Å². The maximum atomic E-state index is 13.4. The van der Waals surface area contributed by atoms with Crippen molar-refractivity contribution in [1.82, 2.24) is 5.32 Å². The Kier molecular flexibility index (Phi) is 7.89. The van der Waals surface area contributed by atoms with E-state index in [0.717, 1.165) is 5.56 Å². The summed E-state index contributed by atoms with van der Waals surface area (Å²) in [6.07, 6.45) is 0. The summed E-state index contributed by atoms with van der Waals surface area (Å²) in [5, 5.41) is 16.9. The highest BCUT2D eigenvalue weighted by molar-refractivity contribution is 8.03. The minimum Gasteiger partial charge on any atom is -0.497 e. The number of para-hydroxylation sites is 1. The largest absolute Gasteiger partial charge is 0.497 e. The lowest BCUT2D eigenvalue weighted by molar-refractivity contribution is -0.113. The van der Waals surface area contributed by atoms with Crippen LogP contribution in [0.15, 0.2) is 107 Å². The van der Waals surface area contributed by atoms with Gasteiger partial charge in [0.25, 0.3) is 5.91 Å². The predicted molar refractivity (Wildman–Crippen MR) is 143 cm³/mol. The van der Waals surface area contributed by atoms with Crippen molar-refractivity contribution in [2.45, 2.75) is 12.8 Å². The molecule has 0 aliphatic carbocycles. The van der Waals surface area contributed by atoms with Gasteiger partial charge >= 0.3 is 0 Å². The Labute approximate surface area is 214 Å². The number of anilines is 1. The predicted octanol–water partition coefficient (Wildman–Crippen LogP) is 5.65. The number of ketones is 1.